The number of nitrogens with zero attached hydrogens (tertiary/aromatic N) is 1. The van der Waals surface area contributed by atoms with E-state index in [2.05, 4.69) is 16.2 Å². The van der Waals surface area contributed by atoms with E-state index in [0.717, 1.165) is 5.69 Å². The molecular weight excluding hydrogens is 216 g/mol. The van der Waals surface area contributed by atoms with Gasteiger partial charge in [0.2, 0.25) is 0 Å². The molecule has 0 aliphatic heterocycles. The minimum atomic E-state index is 0.248. The van der Waals surface area contributed by atoms with Crippen molar-refractivity contribution in [3.63, 3.8) is 0 Å². The molecule has 4 heteroatoms. The van der Waals surface area contributed by atoms with Crippen LogP contribution < -0.4 is 14.8 Å². The summed E-state index contributed by atoms with van der Waals surface area (Å²) >= 11 is 0. The van der Waals surface area contributed by atoms with Crippen LogP contribution in [0.25, 0.3) is 0 Å². The van der Waals surface area contributed by atoms with Crippen molar-refractivity contribution in [2.24, 2.45) is 0 Å². The number of pyridine rings is 1. The average Bonchev–Trinajstić information content (AvgIpc) is 2.36. The third-order valence-electron chi connectivity index (χ3n) is 2.41. The van der Waals surface area contributed by atoms with E-state index in [1.807, 2.05) is 6.92 Å². The normalized spacial score (nSPS) is 11.6. The second kappa shape index (κ2) is 6.77. The summed E-state index contributed by atoms with van der Waals surface area (Å²) in [5, 5.41) is 3.29. The predicted octanol–water partition coefficient (Wildman–Crippen LogP) is 1.60. The third-order valence-corrected chi connectivity index (χ3v) is 2.41. The van der Waals surface area contributed by atoms with Crippen LogP contribution in [0.15, 0.2) is 12.3 Å². The van der Waals surface area contributed by atoms with E-state index in [9.17, 15) is 0 Å². The maximum atomic E-state index is 5.29. The van der Waals surface area contributed by atoms with Crippen molar-refractivity contribution in [2.45, 2.75) is 25.9 Å². The summed E-state index contributed by atoms with van der Waals surface area (Å²) in [5.41, 5.74) is 0.815. The highest BCUT2D eigenvalue weighted by atomic mass is 16.5. The van der Waals surface area contributed by atoms with Gasteiger partial charge in [-0.15, -0.1) is 12.3 Å². The Morgan fingerprint density at radius 3 is 2.82 bits per heavy atom. The molecule has 0 amide bonds. The van der Waals surface area contributed by atoms with Crippen LogP contribution in [0.1, 0.15) is 19.0 Å². The van der Waals surface area contributed by atoms with E-state index in [-0.39, 0.29) is 6.04 Å². The first-order chi connectivity index (χ1) is 8.22. The minimum absolute atomic E-state index is 0.248. The summed E-state index contributed by atoms with van der Waals surface area (Å²) in [6, 6.07) is 2.02. The van der Waals surface area contributed by atoms with Gasteiger partial charge in [-0.25, -0.2) is 0 Å². The lowest BCUT2D eigenvalue weighted by molar-refractivity contribution is 0.347. The van der Waals surface area contributed by atoms with Gasteiger partial charge in [0.05, 0.1) is 19.9 Å². The Morgan fingerprint density at radius 2 is 2.24 bits per heavy atom. The van der Waals surface area contributed by atoms with Crippen LogP contribution in [-0.4, -0.2) is 25.2 Å². The summed E-state index contributed by atoms with van der Waals surface area (Å²) in [6.45, 7) is 2.63. The largest absolute Gasteiger partial charge is 0.493 e. The van der Waals surface area contributed by atoms with E-state index in [1.165, 1.54) is 0 Å². The van der Waals surface area contributed by atoms with Gasteiger partial charge in [-0.3, -0.25) is 4.98 Å². The Kier molecular flexibility index (Phi) is 5.31. The number of nitrogens with one attached hydrogen (secondary N) is 1. The first-order valence-corrected chi connectivity index (χ1v) is 5.45. The Balaban J connectivity index is 2.74. The number of ether oxygens (including phenoxy) is 2. The lowest BCUT2D eigenvalue weighted by Crippen LogP contribution is -2.25. The zero-order valence-corrected chi connectivity index (χ0v) is 10.5. The number of aromatic nitrogens is 1. The molecule has 0 aliphatic rings. The van der Waals surface area contributed by atoms with E-state index in [1.54, 1.807) is 26.5 Å². The lowest BCUT2D eigenvalue weighted by atomic mass is 10.2. The molecule has 0 bridgehead atoms. The average molecular weight is 234 g/mol. The molecule has 4 nitrogen and oxygen atoms in total. The second-order valence-corrected chi connectivity index (χ2v) is 3.68. The second-order valence-electron chi connectivity index (χ2n) is 3.68. The molecule has 1 aromatic heterocycles. The highest BCUT2D eigenvalue weighted by Crippen LogP contribution is 2.28. The van der Waals surface area contributed by atoms with Crippen molar-refractivity contribution in [1.82, 2.24) is 10.3 Å². The molecule has 0 spiro atoms. The summed E-state index contributed by atoms with van der Waals surface area (Å²) < 4.78 is 10.5. The molecule has 1 heterocycles. The first kappa shape index (κ1) is 13.3. The lowest BCUT2D eigenvalue weighted by Gasteiger charge is -2.14. The van der Waals surface area contributed by atoms with Gasteiger partial charge >= 0.3 is 0 Å². The fourth-order valence-corrected chi connectivity index (χ4v) is 1.50. The van der Waals surface area contributed by atoms with Crippen LogP contribution in [0.5, 0.6) is 11.5 Å². The number of terminal acetylenes is 1. The van der Waals surface area contributed by atoms with Gasteiger partial charge in [-0.05, 0) is 6.92 Å². The van der Waals surface area contributed by atoms with Crippen LogP contribution in [0, 0.1) is 12.3 Å². The van der Waals surface area contributed by atoms with E-state index >= 15 is 0 Å². The Morgan fingerprint density at radius 1 is 1.47 bits per heavy atom. The van der Waals surface area contributed by atoms with Gasteiger partial charge in [0, 0.05) is 31.3 Å². The van der Waals surface area contributed by atoms with Crippen molar-refractivity contribution < 1.29 is 9.47 Å². The van der Waals surface area contributed by atoms with Gasteiger partial charge in [-0.1, -0.05) is 0 Å². The fraction of sp³-hybridized carbons (Fsp3) is 0.462. The molecule has 0 saturated carbocycles. The monoisotopic (exact) mass is 234 g/mol. The Labute approximate surface area is 102 Å². The highest BCUT2D eigenvalue weighted by Gasteiger charge is 2.11. The molecule has 92 valence electrons. The van der Waals surface area contributed by atoms with Crippen LogP contribution in [0.4, 0.5) is 0 Å². The van der Waals surface area contributed by atoms with Crippen LogP contribution in [-0.2, 0) is 6.54 Å². The van der Waals surface area contributed by atoms with Crippen LogP contribution in [0.2, 0.25) is 0 Å². The molecule has 1 atom stereocenters. The molecule has 0 saturated heterocycles. The van der Waals surface area contributed by atoms with E-state index < -0.39 is 0 Å². The van der Waals surface area contributed by atoms with Gasteiger partial charge in [-0.2, -0.15) is 0 Å². The molecule has 0 aromatic carbocycles. The molecule has 0 aliphatic carbocycles. The van der Waals surface area contributed by atoms with Gasteiger partial charge < -0.3 is 14.8 Å². The molecule has 1 rings (SSSR count). The summed E-state index contributed by atoms with van der Waals surface area (Å²) in [4.78, 5) is 4.27. The van der Waals surface area contributed by atoms with Crippen LogP contribution >= 0.6 is 0 Å². The van der Waals surface area contributed by atoms with Crippen molar-refractivity contribution in [3.8, 4) is 23.8 Å². The van der Waals surface area contributed by atoms with Gasteiger partial charge in [0.1, 0.15) is 0 Å². The summed E-state index contributed by atoms with van der Waals surface area (Å²) in [5.74, 6) is 3.96. The number of hydrogen-bond donors (Lipinski definition) is 1. The standard InChI is InChI=1S/C13H18N2O2/c1-5-6-10(2)15-9-11-13(17-4)12(16-3)7-8-14-11/h1,7-8,10,15H,6,9H2,2-4H3. The maximum Gasteiger partial charge on any atom is 0.183 e. The molecular formula is C13H18N2O2. The van der Waals surface area contributed by atoms with Crippen molar-refractivity contribution >= 4 is 0 Å². The molecule has 1 N–H and O–H groups in total. The van der Waals surface area contributed by atoms with Crippen molar-refractivity contribution in [2.75, 3.05) is 14.2 Å². The van der Waals surface area contributed by atoms with E-state index in [0.29, 0.717) is 24.5 Å². The predicted molar refractivity (Wildman–Crippen MR) is 67.1 cm³/mol. The molecule has 0 radical (unpaired) electrons. The van der Waals surface area contributed by atoms with Crippen LogP contribution in [0.3, 0.4) is 0 Å². The minimum Gasteiger partial charge on any atom is -0.493 e. The Bertz CT molecular complexity index is 399. The molecule has 0 fully saturated rings. The first-order valence-electron chi connectivity index (χ1n) is 5.45. The third kappa shape index (κ3) is 3.65. The molecule has 1 aromatic rings. The van der Waals surface area contributed by atoms with Crippen molar-refractivity contribution in [3.05, 3.63) is 18.0 Å². The van der Waals surface area contributed by atoms with Crippen molar-refractivity contribution in [1.29, 1.82) is 0 Å². The fourth-order valence-electron chi connectivity index (χ4n) is 1.50. The smallest absolute Gasteiger partial charge is 0.183 e. The molecule has 17 heavy (non-hydrogen) atoms. The zero-order chi connectivity index (χ0) is 12.7. The maximum absolute atomic E-state index is 5.29. The highest BCUT2D eigenvalue weighted by molar-refractivity contribution is 5.42. The number of hydrogen-bond acceptors (Lipinski definition) is 4. The summed E-state index contributed by atoms with van der Waals surface area (Å²) in [7, 11) is 3.21. The summed E-state index contributed by atoms with van der Waals surface area (Å²) in [6.07, 6.45) is 7.64. The van der Waals surface area contributed by atoms with Gasteiger partial charge in [0.15, 0.2) is 11.5 Å². The number of rotatable bonds is 6. The topological polar surface area (TPSA) is 43.4 Å². The molecule has 1 unspecified atom stereocenters. The quantitative estimate of drug-likeness (QED) is 0.759. The van der Waals surface area contributed by atoms with Gasteiger partial charge in [0.25, 0.3) is 0 Å². The SMILES string of the molecule is C#CCC(C)NCc1nccc(OC)c1OC. The Hall–Kier alpha value is -1.73. The number of methoxy groups -OCH3 is 2. The van der Waals surface area contributed by atoms with E-state index in [4.69, 9.17) is 15.9 Å². The zero-order valence-electron chi connectivity index (χ0n) is 10.5.